The zero-order chi connectivity index (χ0) is 24.0. The molecule has 3 N–H and O–H groups in total. The van der Waals surface area contributed by atoms with Crippen molar-refractivity contribution >= 4 is 28.2 Å². The van der Waals surface area contributed by atoms with Crippen LogP contribution in [0.5, 0.6) is 11.5 Å². The molecule has 0 spiro atoms. The normalized spacial score (nSPS) is 13.2. The number of nitrogens with zero attached hydrogens (tertiary/aromatic N) is 1. The van der Waals surface area contributed by atoms with Crippen molar-refractivity contribution in [1.82, 2.24) is 4.90 Å². The minimum absolute atomic E-state index is 0.0125. The standard InChI is InChI=1S/C23H29F2N3O4S/c1-3-31-17-12-14(8-9-16(17)32-23(24)25)13-28(2)11-10-19(29)27-22-20(21(26)30)15-6-4-5-7-18(15)33-22/h8-9,12,23H,3-7,10-11,13H2,1-2H3,(H2,26,30)(H,27,29). The summed E-state index contributed by atoms with van der Waals surface area (Å²) >= 11 is 1.44. The van der Waals surface area contributed by atoms with E-state index in [-0.39, 0.29) is 23.8 Å². The number of primary amides is 1. The van der Waals surface area contributed by atoms with E-state index in [1.807, 2.05) is 11.9 Å². The van der Waals surface area contributed by atoms with Crippen LogP contribution in [-0.4, -0.2) is 43.5 Å². The van der Waals surface area contributed by atoms with Gasteiger partial charge in [-0.1, -0.05) is 6.07 Å². The number of halogens is 2. The molecule has 0 saturated heterocycles. The average Bonchev–Trinajstić information content (AvgIpc) is 3.12. The molecule has 0 aliphatic heterocycles. The van der Waals surface area contributed by atoms with Gasteiger partial charge in [0.25, 0.3) is 5.91 Å². The molecule has 0 bridgehead atoms. The maximum absolute atomic E-state index is 12.6. The van der Waals surface area contributed by atoms with Crippen LogP contribution in [0.15, 0.2) is 18.2 Å². The molecule has 1 aliphatic rings. The molecule has 7 nitrogen and oxygen atoms in total. The lowest BCUT2D eigenvalue weighted by Crippen LogP contribution is -2.24. The second-order valence-corrected chi connectivity index (χ2v) is 9.01. The Bertz CT molecular complexity index is 996. The maximum Gasteiger partial charge on any atom is 0.387 e. The number of carbonyl (C=O) groups is 2. The van der Waals surface area contributed by atoms with Gasteiger partial charge in [0, 0.05) is 24.4 Å². The number of alkyl halides is 2. The fourth-order valence-electron chi connectivity index (χ4n) is 3.90. The molecule has 0 fully saturated rings. The molecule has 1 heterocycles. The lowest BCUT2D eigenvalue weighted by atomic mass is 9.95. The number of ether oxygens (including phenoxy) is 2. The minimum atomic E-state index is -2.93. The Morgan fingerprint density at radius 1 is 1.24 bits per heavy atom. The lowest BCUT2D eigenvalue weighted by Gasteiger charge is -2.18. The maximum atomic E-state index is 12.6. The molecule has 0 saturated carbocycles. The van der Waals surface area contributed by atoms with Crippen molar-refractivity contribution in [3.8, 4) is 11.5 Å². The highest BCUT2D eigenvalue weighted by Crippen LogP contribution is 2.38. The number of carbonyl (C=O) groups excluding carboxylic acids is 2. The number of rotatable bonds is 11. The summed E-state index contributed by atoms with van der Waals surface area (Å²) in [5.74, 6) is -0.464. The number of thiophene rings is 1. The summed E-state index contributed by atoms with van der Waals surface area (Å²) in [5.41, 5.74) is 7.86. The summed E-state index contributed by atoms with van der Waals surface area (Å²) in [4.78, 5) is 27.6. The largest absolute Gasteiger partial charge is 0.490 e. The first kappa shape index (κ1) is 24.9. The van der Waals surface area contributed by atoms with Gasteiger partial charge in [-0.3, -0.25) is 9.59 Å². The van der Waals surface area contributed by atoms with E-state index in [1.54, 1.807) is 19.1 Å². The summed E-state index contributed by atoms with van der Waals surface area (Å²) in [5, 5.41) is 3.40. The Morgan fingerprint density at radius 2 is 2.00 bits per heavy atom. The van der Waals surface area contributed by atoms with Crippen molar-refractivity contribution in [1.29, 1.82) is 0 Å². The fraction of sp³-hybridized carbons (Fsp3) is 0.478. The van der Waals surface area contributed by atoms with Gasteiger partial charge in [-0.25, -0.2) is 0 Å². The summed E-state index contributed by atoms with van der Waals surface area (Å²) in [7, 11) is 1.86. The molecule has 0 radical (unpaired) electrons. The molecule has 10 heteroatoms. The van der Waals surface area contributed by atoms with Crippen LogP contribution >= 0.6 is 11.3 Å². The Morgan fingerprint density at radius 3 is 2.70 bits per heavy atom. The van der Waals surface area contributed by atoms with E-state index in [9.17, 15) is 18.4 Å². The Kier molecular flexibility index (Phi) is 8.62. The molecule has 1 aromatic carbocycles. The number of anilines is 1. The van der Waals surface area contributed by atoms with Gasteiger partial charge in [0.1, 0.15) is 5.00 Å². The van der Waals surface area contributed by atoms with Gasteiger partial charge in [-0.15, -0.1) is 11.3 Å². The van der Waals surface area contributed by atoms with Crippen LogP contribution < -0.4 is 20.5 Å². The van der Waals surface area contributed by atoms with Crippen LogP contribution in [0.25, 0.3) is 0 Å². The zero-order valence-electron chi connectivity index (χ0n) is 18.8. The molecule has 0 unspecified atom stereocenters. The molecule has 1 aliphatic carbocycles. The molecular formula is C23H29F2N3O4S. The van der Waals surface area contributed by atoms with Crippen molar-refractivity contribution in [3.63, 3.8) is 0 Å². The smallest absolute Gasteiger partial charge is 0.387 e. The first-order valence-electron chi connectivity index (χ1n) is 10.9. The van der Waals surface area contributed by atoms with E-state index < -0.39 is 12.5 Å². The minimum Gasteiger partial charge on any atom is -0.490 e. The second-order valence-electron chi connectivity index (χ2n) is 7.91. The predicted molar refractivity (Wildman–Crippen MR) is 123 cm³/mol. The Balaban J connectivity index is 1.57. The SMILES string of the molecule is CCOc1cc(CN(C)CCC(=O)Nc2sc3c(c2C(N)=O)CCCC3)ccc1OC(F)F. The van der Waals surface area contributed by atoms with E-state index in [4.69, 9.17) is 10.5 Å². The highest BCUT2D eigenvalue weighted by molar-refractivity contribution is 7.17. The molecule has 1 aromatic heterocycles. The summed E-state index contributed by atoms with van der Waals surface area (Å²) in [6.45, 7) is 0.0974. The van der Waals surface area contributed by atoms with Crippen LogP contribution in [0.3, 0.4) is 0 Å². The number of benzene rings is 1. The van der Waals surface area contributed by atoms with E-state index >= 15 is 0 Å². The third-order valence-corrected chi connectivity index (χ3v) is 6.57. The lowest BCUT2D eigenvalue weighted by molar-refractivity contribution is -0.116. The summed E-state index contributed by atoms with van der Waals surface area (Å²) < 4.78 is 35.0. The van der Waals surface area contributed by atoms with Gasteiger partial charge in [-0.2, -0.15) is 8.78 Å². The van der Waals surface area contributed by atoms with Gasteiger partial charge >= 0.3 is 6.61 Å². The molecule has 3 rings (SSSR count). The number of amides is 2. The number of hydrogen-bond donors (Lipinski definition) is 2. The number of hydrogen-bond acceptors (Lipinski definition) is 6. The quantitative estimate of drug-likeness (QED) is 0.502. The molecule has 2 aromatic rings. The van der Waals surface area contributed by atoms with Gasteiger partial charge in [0.05, 0.1) is 12.2 Å². The van der Waals surface area contributed by atoms with E-state index in [0.29, 0.717) is 30.3 Å². The molecule has 33 heavy (non-hydrogen) atoms. The van der Waals surface area contributed by atoms with E-state index in [2.05, 4.69) is 10.1 Å². The number of nitrogens with two attached hydrogens (primary N) is 1. The number of nitrogens with one attached hydrogen (secondary N) is 1. The third kappa shape index (κ3) is 6.64. The number of aryl methyl sites for hydroxylation is 1. The van der Waals surface area contributed by atoms with Crippen molar-refractivity contribution < 1.29 is 27.8 Å². The van der Waals surface area contributed by atoms with E-state index in [1.165, 1.54) is 17.4 Å². The summed E-state index contributed by atoms with van der Waals surface area (Å²) in [6, 6.07) is 4.80. The molecule has 180 valence electrons. The van der Waals surface area contributed by atoms with Gasteiger partial charge in [0.2, 0.25) is 5.91 Å². The highest BCUT2D eigenvalue weighted by atomic mass is 32.1. The first-order chi connectivity index (χ1) is 15.8. The van der Waals surface area contributed by atoms with Crippen LogP contribution in [0.4, 0.5) is 13.8 Å². The summed E-state index contributed by atoms with van der Waals surface area (Å²) in [6.07, 6.45) is 4.03. The fourth-order valence-corrected chi connectivity index (χ4v) is 5.21. The number of fused-ring (bicyclic) bond motifs is 1. The zero-order valence-corrected chi connectivity index (χ0v) is 19.6. The van der Waals surface area contributed by atoms with Crippen molar-refractivity contribution in [2.24, 2.45) is 5.73 Å². The third-order valence-electron chi connectivity index (χ3n) is 5.37. The highest BCUT2D eigenvalue weighted by Gasteiger charge is 2.25. The second kappa shape index (κ2) is 11.4. The Labute approximate surface area is 195 Å². The first-order valence-corrected chi connectivity index (χ1v) is 11.7. The average molecular weight is 482 g/mol. The van der Waals surface area contributed by atoms with Gasteiger partial charge in [-0.05, 0) is 62.9 Å². The van der Waals surface area contributed by atoms with Crippen LogP contribution in [0.1, 0.15) is 52.5 Å². The van der Waals surface area contributed by atoms with Crippen molar-refractivity contribution in [2.75, 3.05) is 25.5 Å². The predicted octanol–water partition coefficient (Wildman–Crippen LogP) is 4.19. The monoisotopic (exact) mass is 481 g/mol. The van der Waals surface area contributed by atoms with Crippen molar-refractivity contribution in [3.05, 3.63) is 39.8 Å². The molecular weight excluding hydrogens is 452 g/mol. The topological polar surface area (TPSA) is 93.9 Å². The molecule has 2 amide bonds. The van der Waals surface area contributed by atoms with Crippen LogP contribution in [0, 0.1) is 0 Å². The van der Waals surface area contributed by atoms with Crippen LogP contribution in [0.2, 0.25) is 0 Å². The Hall–Kier alpha value is -2.72. The van der Waals surface area contributed by atoms with Gasteiger partial charge in [0.15, 0.2) is 11.5 Å². The van der Waals surface area contributed by atoms with Gasteiger partial charge < -0.3 is 25.4 Å². The van der Waals surface area contributed by atoms with Crippen LogP contribution in [-0.2, 0) is 24.2 Å². The van der Waals surface area contributed by atoms with Crippen molar-refractivity contribution in [2.45, 2.75) is 52.2 Å². The molecule has 0 atom stereocenters. The van der Waals surface area contributed by atoms with E-state index in [0.717, 1.165) is 41.7 Å².